The van der Waals surface area contributed by atoms with Gasteiger partial charge in [0.25, 0.3) is 0 Å². The van der Waals surface area contributed by atoms with E-state index in [1.54, 1.807) is 0 Å². The maximum Gasteiger partial charge on any atom is 0.354 e. The molecule has 12 heavy (non-hydrogen) atoms. The highest BCUT2D eigenvalue weighted by molar-refractivity contribution is 5.35. The van der Waals surface area contributed by atoms with Crippen molar-refractivity contribution in [3.8, 4) is 0 Å². The molecule has 1 heterocycles. The van der Waals surface area contributed by atoms with Gasteiger partial charge in [-0.25, -0.2) is 4.98 Å². The minimum absolute atomic E-state index is 0.0150. The second kappa shape index (κ2) is 2.61. The van der Waals surface area contributed by atoms with Crippen LogP contribution in [0, 0.1) is 17.0 Å². The molecule has 0 aliphatic carbocycles. The monoisotopic (exact) mass is 170 g/mol. The van der Waals surface area contributed by atoms with E-state index in [0.717, 1.165) is 0 Å². The van der Waals surface area contributed by atoms with E-state index in [2.05, 4.69) is 4.98 Å². The van der Waals surface area contributed by atoms with Gasteiger partial charge in [0.1, 0.15) is 5.69 Å². The van der Waals surface area contributed by atoms with Crippen LogP contribution < -0.4 is 11.3 Å². The number of aromatic amines is 1. The van der Waals surface area contributed by atoms with Crippen LogP contribution in [0.1, 0.15) is 5.69 Å². The van der Waals surface area contributed by atoms with Crippen LogP contribution >= 0.6 is 0 Å². The van der Waals surface area contributed by atoms with Crippen molar-refractivity contribution < 1.29 is 4.92 Å². The van der Waals surface area contributed by atoms with Crippen molar-refractivity contribution in [3.63, 3.8) is 0 Å². The molecule has 7 nitrogen and oxygen atoms in total. The molecule has 1 aromatic rings. The van der Waals surface area contributed by atoms with E-state index in [0.29, 0.717) is 0 Å². The summed E-state index contributed by atoms with van der Waals surface area (Å²) in [4.78, 5) is 25.9. The predicted octanol–water partition coefficient (Wildman–Crippen LogP) is -0.431. The Balaban J connectivity index is 3.49. The number of H-pyrrole nitrogens is 1. The molecule has 7 heteroatoms. The Kier molecular flexibility index (Phi) is 1.78. The maximum atomic E-state index is 10.9. The smallest absolute Gasteiger partial charge is 0.354 e. The number of aryl methyl sites for hydroxylation is 1. The van der Waals surface area contributed by atoms with Gasteiger partial charge in [0, 0.05) is 0 Å². The highest BCUT2D eigenvalue weighted by Crippen LogP contribution is 2.07. The zero-order valence-electron chi connectivity index (χ0n) is 6.20. The SMILES string of the molecule is Cc1nc(N)[nH]c(=O)c1[N+](=O)[O-]. The molecule has 0 unspecified atom stereocenters. The minimum Gasteiger partial charge on any atom is -0.369 e. The molecule has 3 N–H and O–H groups in total. The van der Waals surface area contributed by atoms with E-state index < -0.39 is 16.2 Å². The second-order valence-corrected chi connectivity index (χ2v) is 2.14. The first-order chi connectivity index (χ1) is 5.52. The largest absolute Gasteiger partial charge is 0.369 e. The Bertz CT molecular complexity index is 383. The summed E-state index contributed by atoms with van der Waals surface area (Å²) in [6.45, 7) is 1.35. The summed E-state index contributed by atoms with van der Waals surface area (Å²) >= 11 is 0. The van der Waals surface area contributed by atoms with Crippen LogP contribution in [-0.4, -0.2) is 14.9 Å². The van der Waals surface area contributed by atoms with Gasteiger partial charge in [0.05, 0.1) is 4.92 Å². The van der Waals surface area contributed by atoms with Gasteiger partial charge in [-0.15, -0.1) is 0 Å². The lowest BCUT2D eigenvalue weighted by molar-refractivity contribution is -0.387. The van der Waals surface area contributed by atoms with Gasteiger partial charge >= 0.3 is 11.2 Å². The van der Waals surface area contributed by atoms with Crippen LogP contribution in [0.2, 0.25) is 0 Å². The number of nitrogens with zero attached hydrogens (tertiary/aromatic N) is 2. The van der Waals surface area contributed by atoms with Gasteiger partial charge in [-0.1, -0.05) is 0 Å². The van der Waals surface area contributed by atoms with Gasteiger partial charge in [0.15, 0.2) is 0 Å². The summed E-state index contributed by atoms with van der Waals surface area (Å²) < 4.78 is 0. The molecule has 0 aromatic carbocycles. The number of nitrogens with one attached hydrogen (secondary N) is 1. The molecule has 0 aliphatic rings. The average molecular weight is 170 g/mol. The van der Waals surface area contributed by atoms with E-state index in [-0.39, 0.29) is 11.6 Å². The molecule has 1 aromatic heterocycles. The number of nitrogen functional groups attached to an aromatic ring is 1. The van der Waals surface area contributed by atoms with Gasteiger partial charge in [0.2, 0.25) is 5.95 Å². The highest BCUT2D eigenvalue weighted by Gasteiger charge is 2.17. The zero-order valence-corrected chi connectivity index (χ0v) is 6.20. The summed E-state index contributed by atoms with van der Waals surface area (Å²) in [5.41, 5.74) is 3.76. The van der Waals surface area contributed by atoms with Gasteiger partial charge < -0.3 is 5.73 Å². The predicted molar refractivity (Wildman–Crippen MR) is 40.7 cm³/mol. The lowest BCUT2D eigenvalue weighted by Crippen LogP contribution is -2.16. The third-order valence-electron chi connectivity index (χ3n) is 1.27. The molecule has 0 radical (unpaired) electrons. The lowest BCUT2D eigenvalue weighted by Gasteiger charge is -1.95. The summed E-state index contributed by atoms with van der Waals surface area (Å²) in [5, 5.41) is 10.3. The van der Waals surface area contributed by atoms with Gasteiger partial charge in [-0.2, -0.15) is 0 Å². The zero-order chi connectivity index (χ0) is 9.30. The van der Waals surface area contributed by atoms with Crippen molar-refractivity contribution in [2.75, 3.05) is 5.73 Å². The third-order valence-corrected chi connectivity index (χ3v) is 1.27. The van der Waals surface area contributed by atoms with Crippen LogP contribution in [0.5, 0.6) is 0 Å². The number of nitrogens with two attached hydrogens (primary N) is 1. The Hall–Kier alpha value is -1.92. The highest BCUT2D eigenvalue weighted by atomic mass is 16.6. The van der Waals surface area contributed by atoms with Gasteiger partial charge in [-0.05, 0) is 6.92 Å². The van der Waals surface area contributed by atoms with E-state index >= 15 is 0 Å². The minimum atomic E-state index is -0.829. The van der Waals surface area contributed by atoms with Gasteiger partial charge in [-0.3, -0.25) is 19.9 Å². The van der Waals surface area contributed by atoms with Crippen LogP contribution in [0.25, 0.3) is 0 Å². The summed E-state index contributed by atoms with van der Waals surface area (Å²) in [5.74, 6) is -0.122. The molecule has 0 bridgehead atoms. The molecule has 0 aliphatic heterocycles. The van der Waals surface area contributed by atoms with Crippen molar-refractivity contribution in [1.82, 2.24) is 9.97 Å². The maximum absolute atomic E-state index is 10.9. The number of nitro groups is 1. The molecule has 1 rings (SSSR count). The molecule has 0 saturated heterocycles. The van der Waals surface area contributed by atoms with Crippen molar-refractivity contribution >= 4 is 11.6 Å². The van der Waals surface area contributed by atoms with Crippen molar-refractivity contribution in [1.29, 1.82) is 0 Å². The number of hydrogen-bond acceptors (Lipinski definition) is 5. The van der Waals surface area contributed by atoms with Crippen LogP contribution in [0.3, 0.4) is 0 Å². The fourth-order valence-corrected chi connectivity index (χ4v) is 0.816. The molecule has 0 atom stereocenters. The Morgan fingerprint density at radius 3 is 2.67 bits per heavy atom. The van der Waals surface area contributed by atoms with Crippen molar-refractivity contribution in [2.24, 2.45) is 0 Å². The Morgan fingerprint density at radius 1 is 1.67 bits per heavy atom. The van der Waals surface area contributed by atoms with E-state index in [9.17, 15) is 14.9 Å². The van der Waals surface area contributed by atoms with Crippen LogP contribution in [0.15, 0.2) is 4.79 Å². The normalized spacial score (nSPS) is 9.75. The quantitative estimate of drug-likeness (QED) is 0.438. The molecule has 0 saturated carbocycles. The Labute approximate surface area is 66.4 Å². The first-order valence-electron chi connectivity index (χ1n) is 3.03. The molecular weight excluding hydrogens is 164 g/mol. The van der Waals surface area contributed by atoms with Crippen molar-refractivity contribution in [2.45, 2.75) is 6.92 Å². The number of hydrogen-bond donors (Lipinski definition) is 2. The average Bonchev–Trinajstić information content (AvgIpc) is 1.82. The van der Waals surface area contributed by atoms with Crippen LogP contribution in [0.4, 0.5) is 11.6 Å². The standard InChI is InChI=1S/C5H6N4O3/c1-2-3(9(11)12)4(10)8-5(6)7-2/h1H3,(H3,6,7,8,10). The lowest BCUT2D eigenvalue weighted by atomic mass is 10.4. The first kappa shape index (κ1) is 8.18. The molecule has 0 spiro atoms. The van der Waals surface area contributed by atoms with Crippen molar-refractivity contribution in [3.05, 3.63) is 26.2 Å². The van der Waals surface area contributed by atoms with E-state index in [1.807, 2.05) is 4.98 Å². The molecule has 64 valence electrons. The summed E-state index contributed by atoms with van der Waals surface area (Å²) in [6.07, 6.45) is 0. The Morgan fingerprint density at radius 2 is 2.25 bits per heavy atom. The number of anilines is 1. The fourth-order valence-electron chi connectivity index (χ4n) is 0.816. The fraction of sp³-hybridized carbons (Fsp3) is 0.200. The molecule has 0 fully saturated rings. The van der Waals surface area contributed by atoms with E-state index in [4.69, 9.17) is 5.73 Å². The first-order valence-corrected chi connectivity index (χ1v) is 3.03. The number of aromatic nitrogens is 2. The molecule has 0 amide bonds. The third kappa shape index (κ3) is 1.24. The number of rotatable bonds is 1. The van der Waals surface area contributed by atoms with Crippen LogP contribution in [-0.2, 0) is 0 Å². The topological polar surface area (TPSA) is 115 Å². The summed E-state index contributed by atoms with van der Waals surface area (Å²) in [7, 11) is 0. The van der Waals surface area contributed by atoms with E-state index in [1.165, 1.54) is 6.92 Å². The second-order valence-electron chi connectivity index (χ2n) is 2.14. The summed E-state index contributed by atoms with van der Waals surface area (Å²) in [6, 6.07) is 0. The molecular formula is C5H6N4O3.